The second-order valence-corrected chi connectivity index (χ2v) is 5.31. The molecule has 0 spiro atoms. The van der Waals surface area contributed by atoms with E-state index in [-0.39, 0.29) is 0 Å². The Kier molecular flexibility index (Phi) is 4.19. The quantitative estimate of drug-likeness (QED) is 0.772. The smallest absolute Gasteiger partial charge is 0.247 e. The van der Waals surface area contributed by atoms with E-state index in [4.69, 9.17) is 4.42 Å². The molecule has 1 heterocycles. The van der Waals surface area contributed by atoms with Crippen molar-refractivity contribution < 1.29 is 4.42 Å². The minimum Gasteiger partial charge on any atom is -0.421 e. The van der Waals surface area contributed by atoms with E-state index in [1.54, 1.807) is 0 Å². The summed E-state index contributed by atoms with van der Waals surface area (Å²) < 4.78 is 5.71. The van der Waals surface area contributed by atoms with Crippen molar-refractivity contribution >= 4 is 5.69 Å². The van der Waals surface area contributed by atoms with E-state index in [2.05, 4.69) is 47.6 Å². The predicted octanol–water partition coefficient (Wildman–Crippen LogP) is 4.01. The molecule has 4 heteroatoms. The SMILES string of the molecule is Cc1cccc(C)c1NCCc1nnc(-c2ccccc2)o1. The van der Waals surface area contributed by atoms with Crippen LogP contribution < -0.4 is 5.32 Å². The highest BCUT2D eigenvalue weighted by Crippen LogP contribution is 2.20. The van der Waals surface area contributed by atoms with Crippen LogP contribution in [-0.4, -0.2) is 16.7 Å². The number of anilines is 1. The highest BCUT2D eigenvalue weighted by atomic mass is 16.4. The standard InChI is InChI=1S/C18H19N3O/c1-13-7-6-8-14(2)17(13)19-12-11-16-20-21-18(22-16)15-9-4-3-5-10-15/h3-10,19H,11-12H2,1-2H3. The van der Waals surface area contributed by atoms with Crippen LogP contribution in [0.25, 0.3) is 11.5 Å². The third kappa shape index (κ3) is 3.17. The first-order chi connectivity index (χ1) is 10.7. The zero-order chi connectivity index (χ0) is 15.4. The number of nitrogens with one attached hydrogen (secondary N) is 1. The van der Waals surface area contributed by atoms with Gasteiger partial charge in [0.2, 0.25) is 11.8 Å². The first-order valence-electron chi connectivity index (χ1n) is 7.42. The van der Waals surface area contributed by atoms with E-state index >= 15 is 0 Å². The van der Waals surface area contributed by atoms with Crippen molar-refractivity contribution in [3.05, 3.63) is 65.5 Å². The topological polar surface area (TPSA) is 51.0 Å². The lowest BCUT2D eigenvalue weighted by Gasteiger charge is -2.11. The average molecular weight is 293 g/mol. The Labute approximate surface area is 130 Å². The van der Waals surface area contributed by atoms with Crippen LogP contribution in [-0.2, 0) is 6.42 Å². The maximum Gasteiger partial charge on any atom is 0.247 e. The number of aromatic nitrogens is 2. The normalized spacial score (nSPS) is 10.6. The Balaban J connectivity index is 1.62. The molecular formula is C18H19N3O. The second-order valence-electron chi connectivity index (χ2n) is 5.31. The minimum atomic E-state index is 0.572. The van der Waals surface area contributed by atoms with Crippen LogP contribution in [0.1, 0.15) is 17.0 Å². The number of hydrogen-bond acceptors (Lipinski definition) is 4. The molecule has 0 amide bonds. The highest BCUT2D eigenvalue weighted by molar-refractivity contribution is 5.56. The Morgan fingerprint density at radius 2 is 1.64 bits per heavy atom. The molecule has 3 aromatic rings. The van der Waals surface area contributed by atoms with E-state index in [1.165, 1.54) is 16.8 Å². The molecule has 0 saturated heterocycles. The molecule has 0 atom stereocenters. The fourth-order valence-electron chi connectivity index (χ4n) is 2.44. The number of aryl methyl sites for hydroxylation is 2. The van der Waals surface area contributed by atoms with E-state index in [0.717, 1.165) is 12.1 Å². The third-order valence-electron chi connectivity index (χ3n) is 3.61. The maximum atomic E-state index is 5.71. The molecule has 1 aromatic heterocycles. The predicted molar refractivity (Wildman–Crippen MR) is 87.8 cm³/mol. The van der Waals surface area contributed by atoms with Gasteiger partial charge in [-0.2, -0.15) is 0 Å². The fraction of sp³-hybridized carbons (Fsp3) is 0.222. The van der Waals surface area contributed by atoms with Crippen molar-refractivity contribution in [2.75, 3.05) is 11.9 Å². The minimum absolute atomic E-state index is 0.572. The molecule has 0 aliphatic carbocycles. The summed E-state index contributed by atoms with van der Waals surface area (Å²) in [4.78, 5) is 0. The maximum absolute atomic E-state index is 5.71. The summed E-state index contributed by atoms with van der Waals surface area (Å²) in [5.74, 6) is 1.22. The van der Waals surface area contributed by atoms with Crippen molar-refractivity contribution in [2.45, 2.75) is 20.3 Å². The van der Waals surface area contributed by atoms with Gasteiger partial charge in [0, 0.05) is 24.2 Å². The molecule has 0 saturated carbocycles. The molecule has 1 N–H and O–H groups in total. The van der Waals surface area contributed by atoms with Gasteiger partial charge in [-0.1, -0.05) is 36.4 Å². The first kappa shape index (κ1) is 14.3. The molecule has 2 aromatic carbocycles. The van der Waals surface area contributed by atoms with E-state index in [0.29, 0.717) is 18.2 Å². The second kappa shape index (κ2) is 6.43. The van der Waals surface area contributed by atoms with Crippen LogP contribution in [0.2, 0.25) is 0 Å². The van der Waals surface area contributed by atoms with Gasteiger partial charge in [0.05, 0.1) is 0 Å². The van der Waals surface area contributed by atoms with Gasteiger partial charge < -0.3 is 9.73 Å². The third-order valence-corrected chi connectivity index (χ3v) is 3.61. The summed E-state index contributed by atoms with van der Waals surface area (Å²) in [6.07, 6.45) is 0.702. The van der Waals surface area contributed by atoms with Gasteiger partial charge in [0.15, 0.2) is 0 Å². The molecule has 0 bridgehead atoms. The average Bonchev–Trinajstić information content (AvgIpc) is 3.00. The van der Waals surface area contributed by atoms with Crippen molar-refractivity contribution in [3.8, 4) is 11.5 Å². The van der Waals surface area contributed by atoms with Crippen LogP contribution in [0.5, 0.6) is 0 Å². The Morgan fingerprint density at radius 3 is 2.36 bits per heavy atom. The number of rotatable bonds is 5. The van der Waals surface area contributed by atoms with Crippen molar-refractivity contribution in [2.24, 2.45) is 0 Å². The van der Waals surface area contributed by atoms with Crippen LogP contribution in [0.3, 0.4) is 0 Å². The highest BCUT2D eigenvalue weighted by Gasteiger charge is 2.08. The van der Waals surface area contributed by atoms with Crippen molar-refractivity contribution in [1.29, 1.82) is 0 Å². The van der Waals surface area contributed by atoms with E-state index in [1.807, 2.05) is 30.3 Å². The molecule has 112 valence electrons. The Hall–Kier alpha value is -2.62. The first-order valence-corrected chi connectivity index (χ1v) is 7.42. The number of benzene rings is 2. The fourth-order valence-corrected chi connectivity index (χ4v) is 2.44. The lowest BCUT2D eigenvalue weighted by atomic mass is 10.1. The zero-order valence-electron chi connectivity index (χ0n) is 12.8. The molecule has 0 unspecified atom stereocenters. The molecule has 0 aliphatic rings. The van der Waals surface area contributed by atoms with Crippen molar-refractivity contribution in [3.63, 3.8) is 0 Å². The van der Waals surface area contributed by atoms with Crippen LogP contribution in [0.15, 0.2) is 52.9 Å². The Morgan fingerprint density at radius 1 is 0.909 bits per heavy atom. The van der Waals surface area contributed by atoms with Gasteiger partial charge in [-0.3, -0.25) is 0 Å². The van der Waals surface area contributed by atoms with E-state index < -0.39 is 0 Å². The summed E-state index contributed by atoms with van der Waals surface area (Å²) in [6.45, 7) is 4.98. The molecule has 0 aliphatic heterocycles. The van der Waals surface area contributed by atoms with Crippen LogP contribution in [0, 0.1) is 13.8 Å². The lowest BCUT2D eigenvalue weighted by molar-refractivity contribution is 0.509. The van der Waals surface area contributed by atoms with Gasteiger partial charge >= 0.3 is 0 Å². The van der Waals surface area contributed by atoms with Crippen LogP contribution in [0.4, 0.5) is 5.69 Å². The molecule has 0 fully saturated rings. The largest absolute Gasteiger partial charge is 0.421 e. The molecule has 22 heavy (non-hydrogen) atoms. The monoisotopic (exact) mass is 293 g/mol. The number of hydrogen-bond donors (Lipinski definition) is 1. The zero-order valence-corrected chi connectivity index (χ0v) is 12.8. The van der Waals surface area contributed by atoms with Gasteiger partial charge in [-0.05, 0) is 37.1 Å². The molecule has 4 nitrogen and oxygen atoms in total. The van der Waals surface area contributed by atoms with Gasteiger partial charge in [0.1, 0.15) is 0 Å². The van der Waals surface area contributed by atoms with E-state index in [9.17, 15) is 0 Å². The summed E-state index contributed by atoms with van der Waals surface area (Å²) in [6, 6.07) is 16.1. The van der Waals surface area contributed by atoms with Crippen LogP contribution >= 0.6 is 0 Å². The summed E-state index contributed by atoms with van der Waals surface area (Å²) >= 11 is 0. The van der Waals surface area contributed by atoms with Crippen molar-refractivity contribution in [1.82, 2.24) is 10.2 Å². The van der Waals surface area contributed by atoms with Gasteiger partial charge in [0.25, 0.3) is 0 Å². The summed E-state index contributed by atoms with van der Waals surface area (Å²) in [7, 11) is 0. The molecule has 0 radical (unpaired) electrons. The Bertz CT molecular complexity index is 730. The number of nitrogens with zero attached hydrogens (tertiary/aromatic N) is 2. The summed E-state index contributed by atoms with van der Waals surface area (Å²) in [5, 5.41) is 11.7. The molecular weight excluding hydrogens is 274 g/mol. The van der Waals surface area contributed by atoms with Gasteiger partial charge in [-0.25, -0.2) is 0 Å². The summed E-state index contributed by atoms with van der Waals surface area (Å²) in [5.41, 5.74) is 4.63. The number of para-hydroxylation sites is 1. The lowest BCUT2D eigenvalue weighted by Crippen LogP contribution is -2.07. The van der Waals surface area contributed by atoms with Gasteiger partial charge in [-0.15, -0.1) is 10.2 Å². The molecule has 3 rings (SSSR count).